The van der Waals surface area contributed by atoms with Crippen LogP contribution in [0.5, 0.6) is 5.75 Å². The van der Waals surface area contributed by atoms with Gasteiger partial charge in [-0.2, -0.15) is 8.42 Å². The van der Waals surface area contributed by atoms with E-state index in [1.807, 2.05) is 36.4 Å². The molecule has 286 valence electrons. The first-order valence-electron chi connectivity index (χ1n) is 19.8. The zero-order chi connectivity index (χ0) is 38.0. The van der Waals surface area contributed by atoms with Crippen molar-refractivity contribution in [2.24, 2.45) is 17.3 Å². The lowest BCUT2D eigenvalue weighted by Gasteiger charge is -2.60. The molecule has 10 heteroatoms. The maximum absolute atomic E-state index is 15.1. The van der Waals surface area contributed by atoms with Gasteiger partial charge in [0.1, 0.15) is 26.0 Å². The third kappa shape index (κ3) is 5.19. The van der Waals surface area contributed by atoms with Gasteiger partial charge in [0.25, 0.3) is 0 Å². The van der Waals surface area contributed by atoms with Gasteiger partial charge in [0.15, 0.2) is 0 Å². The summed E-state index contributed by atoms with van der Waals surface area (Å²) < 4.78 is 78.1. The van der Waals surface area contributed by atoms with Gasteiger partial charge in [0.05, 0.1) is 11.5 Å². The summed E-state index contributed by atoms with van der Waals surface area (Å²) in [4.78, 5) is 14.9. The predicted molar refractivity (Wildman–Crippen MR) is 205 cm³/mol. The molecule has 12 rings (SSSR count). The normalized spacial score (nSPS) is 30.3. The van der Waals surface area contributed by atoms with Gasteiger partial charge in [0.2, 0.25) is 0 Å². The highest BCUT2D eigenvalue weighted by molar-refractivity contribution is 7.88. The predicted octanol–water partition coefficient (Wildman–Crippen LogP) is 8.38. The molecule has 0 amide bonds. The van der Waals surface area contributed by atoms with Gasteiger partial charge in [-0.25, -0.2) is 8.42 Å². The number of aryl methyl sites for hydroxylation is 1. The molecule has 5 saturated carbocycles. The van der Waals surface area contributed by atoms with Crippen LogP contribution in [-0.4, -0.2) is 38.7 Å². The average Bonchev–Trinajstić information content (AvgIpc) is 3.16. The molecular formula is C45H45O8S2-. The monoisotopic (exact) mass is 777 g/mol. The quantitative estimate of drug-likeness (QED) is 0.0993. The molecule has 0 N–H and O–H groups in total. The van der Waals surface area contributed by atoms with Crippen molar-refractivity contribution in [3.63, 3.8) is 0 Å². The first kappa shape index (κ1) is 35.4. The van der Waals surface area contributed by atoms with E-state index in [2.05, 4.69) is 36.4 Å². The van der Waals surface area contributed by atoms with Crippen molar-refractivity contribution < 1.29 is 35.1 Å². The Morgan fingerprint density at radius 3 is 1.84 bits per heavy atom. The fourth-order valence-corrected chi connectivity index (χ4v) is 15.4. The van der Waals surface area contributed by atoms with E-state index in [0.29, 0.717) is 30.4 Å². The zero-order valence-corrected chi connectivity index (χ0v) is 32.6. The van der Waals surface area contributed by atoms with Gasteiger partial charge in [-0.3, -0.25) is 4.79 Å². The minimum atomic E-state index is -4.78. The first-order valence-corrected chi connectivity index (χ1v) is 22.7. The highest BCUT2D eigenvalue weighted by atomic mass is 32.2. The van der Waals surface area contributed by atoms with Crippen LogP contribution in [0.4, 0.5) is 0 Å². The van der Waals surface area contributed by atoms with E-state index in [0.717, 1.165) is 84.7 Å². The molecule has 8 aliphatic rings. The summed E-state index contributed by atoms with van der Waals surface area (Å²) in [6.07, 6.45) is 8.11. The average molecular weight is 778 g/mol. The summed E-state index contributed by atoms with van der Waals surface area (Å²) in [7, 11) is -9.03. The second-order valence-corrected chi connectivity index (χ2v) is 20.9. The van der Waals surface area contributed by atoms with Crippen molar-refractivity contribution in [3.05, 3.63) is 129 Å². The Balaban J connectivity index is 0.983. The van der Waals surface area contributed by atoms with Crippen LogP contribution < -0.4 is 4.18 Å². The minimum absolute atomic E-state index is 0.0229. The number of benzene rings is 4. The van der Waals surface area contributed by atoms with Crippen LogP contribution in [0.15, 0.2) is 89.8 Å². The van der Waals surface area contributed by atoms with E-state index in [1.54, 1.807) is 6.92 Å². The summed E-state index contributed by atoms with van der Waals surface area (Å²) in [6.45, 7) is 1.71. The second-order valence-electron chi connectivity index (χ2n) is 17.6. The third-order valence-corrected chi connectivity index (χ3v) is 17.2. The Morgan fingerprint density at radius 1 is 0.745 bits per heavy atom. The molecule has 0 spiro atoms. The number of rotatable bonds is 8. The van der Waals surface area contributed by atoms with Crippen molar-refractivity contribution in [2.75, 3.05) is 6.61 Å². The van der Waals surface area contributed by atoms with E-state index >= 15 is 4.79 Å². The van der Waals surface area contributed by atoms with Gasteiger partial charge < -0.3 is 13.5 Å². The molecule has 6 bridgehead atoms. The summed E-state index contributed by atoms with van der Waals surface area (Å²) in [6, 6.07) is 27.4. The standard InChI is InChI=1S/C45H46O8S2/c1-28-19-40(54(47,48)49)35(31-11-3-2-4-12-31)21-39(28)53-55(50,51)44-24-29-20-30(25-44)23-43(22-29,26-44)27-52-42(46)45-36-16-8-5-13-32(36)41(33-14-6-9-17-37(33)45)34-15-7-10-18-38(34)45/h5-10,13-19,21,29-31,41H,2-4,11-12,20,22-27H2,1H3,(H,47,48,49)/p-1. The highest BCUT2D eigenvalue weighted by Crippen LogP contribution is 2.65. The van der Waals surface area contributed by atoms with Crippen molar-refractivity contribution in [3.8, 4) is 5.75 Å². The van der Waals surface area contributed by atoms with Crippen LogP contribution in [0.1, 0.15) is 127 Å². The molecule has 4 aromatic carbocycles. The third-order valence-electron chi connectivity index (χ3n) is 14.3. The molecule has 4 aromatic rings. The molecule has 2 atom stereocenters. The Labute approximate surface area is 323 Å². The Hall–Kier alpha value is -3.99. The maximum Gasteiger partial charge on any atom is 0.325 e. The van der Waals surface area contributed by atoms with Gasteiger partial charge in [0, 0.05) is 11.3 Å². The van der Waals surface area contributed by atoms with Gasteiger partial charge >= 0.3 is 16.1 Å². The number of carbonyl (C=O) groups is 1. The number of esters is 1. The number of carbonyl (C=O) groups excluding carboxylic acids is 1. The summed E-state index contributed by atoms with van der Waals surface area (Å²) in [5, 5.41) is 0. The molecule has 0 radical (unpaired) electrons. The minimum Gasteiger partial charge on any atom is -0.744 e. The smallest absolute Gasteiger partial charge is 0.325 e. The van der Waals surface area contributed by atoms with Crippen LogP contribution in [0.25, 0.3) is 0 Å². The van der Waals surface area contributed by atoms with Crippen LogP contribution in [0.3, 0.4) is 0 Å². The number of hydrogen-bond acceptors (Lipinski definition) is 8. The van der Waals surface area contributed by atoms with Crippen LogP contribution in [0, 0.1) is 24.2 Å². The fourth-order valence-electron chi connectivity index (χ4n) is 12.6. The van der Waals surface area contributed by atoms with Gasteiger partial charge in [-0.15, -0.1) is 0 Å². The molecule has 8 aliphatic carbocycles. The Kier molecular flexibility index (Phi) is 7.89. The van der Waals surface area contributed by atoms with E-state index < -0.39 is 35.8 Å². The van der Waals surface area contributed by atoms with E-state index in [-0.39, 0.29) is 46.9 Å². The molecule has 0 aromatic heterocycles. The van der Waals surface area contributed by atoms with Crippen molar-refractivity contribution >= 4 is 26.2 Å². The summed E-state index contributed by atoms with van der Waals surface area (Å²) in [5.74, 6) is -0.0743. The first-order chi connectivity index (χ1) is 26.3. The Bertz CT molecular complexity index is 2350. The van der Waals surface area contributed by atoms with Gasteiger partial charge in [-0.05, 0) is 133 Å². The molecule has 2 unspecified atom stereocenters. The lowest BCUT2D eigenvalue weighted by Crippen LogP contribution is -2.61. The topological polar surface area (TPSA) is 127 Å². The maximum atomic E-state index is 15.1. The molecule has 0 heterocycles. The molecule has 0 aliphatic heterocycles. The molecule has 8 nitrogen and oxygen atoms in total. The zero-order valence-electron chi connectivity index (χ0n) is 31.0. The SMILES string of the molecule is Cc1cc(S(=O)(=O)[O-])c(C2CCCCC2)cc1OS(=O)(=O)C12CC3CC(CC(COC(=O)C45c6ccccc6C(c6ccccc64)c4ccccc45)(C3)C1)C2. The Morgan fingerprint density at radius 2 is 1.29 bits per heavy atom. The molecule has 0 saturated heterocycles. The van der Waals surface area contributed by atoms with Gasteiger partial charge in [-0.1, -0.05) is 92.1 Å². The van der Waals surface area contributed by atoms with Crippen LogP contribution >= 0.6 is 0 Å². The van der Waals surface area contributed by atoms with Crippen LogP contribution in [-0.2, 0) is 35.2 Å². The summed E-state index contributed by atoms with van der Waals surface area (Å²) in [5.41, 5.74) is 5.14. The fraction of sp³-hybridized carbons (Fsp3) is 0.444. The van der Waals surface area contributed by atoms with E-state index in [4.69, 9.17) is 8.92 Å². The lowest BCUT2D eigenvalue weighted by molar-refractivity contribution is -0.158. The summed E-state index contributed by atoms with van der Waals surface area (Å²) >= 11 is 0. The lowest BCUT2D eigenvalue weighted by atomic mass is 9.49. The van der Waals surface area contributed by atoms with Crippen molar-refractivity contribution in [1.29, 1.82) is 0 Å². The van der Waals surface area contributed by atoms with E-state index in [1.165, 1.54) is 12.1 Å². The largest absolute Gasteiger partial charge is 0.744 e. The van der Waals surface area contributed by atoms with Crippen molar-refractivity contribution in [2.45, 2.75) is 104 Å². The van der Waals surface area contributed by atoms with Crippen LogP contribution in [0.2, 0.25) is 0 Å². The molecular weight excluding hydrogens is 733 g/mol. The molecule has 5 fully saturated rings. The number of hydrogen-bond donors (Lipinski definition) is 0. The molecule has 55 heavy (non-hydrogen) atoms. The van der Waals surface area contributed by atoms with E-state index in [9.17, 15) is 21.4 Å². The second kappa shape index (κ2) is 12.3. The van der Waals surface area contributed by atoms with Crippen molar-refractivity contribution in [1.82, 2.24) is 0 Å². The number of ether oxygens (including phenoxy) is 1. The highest BCUT2D eigenvalue weighted by Gasteiger charge is 2.65.